The van der Waals surface area contributed by atoms with Crippen molar-refractivity contribution in [3.05, 3.63) is 33.8 Å². The van der Waals surface area contributed by atoms with Crippen LogP contribution in [-0.2, 0) is 13.1 Å². The summed E-state index contributed by atoms with van der Waals surface area (Å²) in [5.41, 5.74) is 1.98. The van der Waals surface area contributed by atoms with Gasteiger partial charge in [0.05, 0.1) is 6.54 Å². The zero-order valence-corrected chi connectivity index (χ0v) is 14.2. The van der Waals surface area contributed by atoms with E-state index in [1.54, 1.807) is 13.8 Å². The molecule has 120 valence electrons. The Balaban J connectivity index is 2.79. The predicted molar refractivity (Wildman–Crippen MR) is 83.1 cm³/mol. The maximum atomic E-state index is 12.6. The molecule has 1 aromatic carbocycles. The van der Waals surface area contributed by atoms with Crippen molar-refractivity contribution in [1.29, 1.82) is 0 Å². The van der Waals surface area contributed by atoms with Gasteiger partial charge in [0.1, 0.15) is 0 Å². The lowest BCUT2D eigenvalue weighted by Crippen LogP contribution is -2.38. The van der Waals surface area contributed by atoms with E-state index in [0.717, 1.165) is 28.7 Å². The molecule has 21 heavy (non-hydrogen) atoms. The summed E-state index contributed by atoms with van der Waals surface area (Å²) < 4.78 is 38.7. The number of benzene rings is 1. The molecule has 0 aromatic heterocycles. The van der Waals surface area contributed by atoms with Crippen molar-refractivity contribution < 1.29 is 13.2 Å². The van der Waals surface area contributed by atoms with Crippen LogP contribution in [0.1, 0.15) is 31.9 Å². The summed E-state index contributed by atoms with van der Waals surface area (Å²) in [5, 5.41) is 3.22. The third-order valence-electron chi connectivity index (χ3n) is 3.18. The van der Waals surface area contributed by atoms with Gasteiger partial charge >= 0.3 is 6.18 Å². The van der Waals surface area contributed by atoms with Crippen LogP contribution in [0.2, 0.25) is 0 Å². The maximum Gasteiger partial charge on any atom is 0.401 e. The van der Waals surface area contributed by atoms with Crippen LogP contribution >= 0.6 is 15.9 Å². The van der Waals surface area contributed by atoms with E-state index in [4.69, 9.17) is 0 Å². The summed E-state index contributed by atoms with van der Waals surface area (Å²) in [6.45, 7) is 6.60. The Morgan fingerprint density at radius 1 is 1.29 bits per heavy atom. The molecule has 0 saturated carbocycles. The molecular formula is C15H22BrF3N2. The summed E-state index contributed by atoms with van der Waals surface area (Å²) in [6, 6.07) is 5.64. The summed E-state index contributed by atoms with van der Waals surface area (Å²) in [6.07, 6.45) is -4.18. The third-order valence-corrected chi connectivity index (χ3v) is 3.92. The lowest BCUT2D eigenvalue weighted by Gasteiger charge is -2.28. The van der Waals surface area contributed by atoms with Crippen molar-refractivity contribution in [2.24, 2.45) is 0 Å². The first kappa shape index (κ1) is 18.5. The van der Waals surface area contributed by atoms with E-state index >= 15 is 0 Å². The highest BCUT2D eigenvalue weighted by molar-refractivity contribution is 9.10. The zero-order valence-electron chi connectivity index (χ0n) is 12.6. The van der Waals surface area contributed by atoms with Crippen LogP contribution in [0.25, 0.3) is 0 Å². The zero-order chi connectivity index (χ0) is 16.0. The molecule has 0 atom stereocenters. The molecular weight excluding hydrogens is 345 g/mol. The van der Waals surface area contributed by atoms with Gasteiger partial charge in [-0.15, -0.1) is 0 Å². The Morgan fingerprint density at radius 3 is 2.43 bits per heavy atom. The average Bonchev–Trinajstić information content (AvgIpc) is 2.36. The number of rotatable bonds is 7. The second kappa shape index (κ2) is 8.15. The minimum atomic E-state index is -4.18. The summed E-state index contributed by atoms with van der Waals surface area (Å²) >= 11 is 3.46. The monoisotopic (exact) mass is 366 g/mol. The highest BCUT2D eigenvalue weighted by Gasteiger charge is 2.31. The van der Waals surface area contributed by atoms with E-state index in [0.29, 0.717) is 0 Å². The molecule has 2 nitrogen and oxygen atoms in total. The van der Waals surface area contributed by atoms with Crippen LogP contribution in [0.15, 0.2) is 22.7 Å². The van der Waals surface area contributed by atoms with Gasteiger partial charge in [-0.25, -0.2) is 0 Å². The Hall–Kier alpha value is -0.590. The lowest BCUT2D eigenvalue weighted by molar-refractivity contribution is -0.150. The van der Waals surface area contributed by atoms with E-state index in [2.05, 4.69) is 21.2 Å². The molecule has 0 saturated heterocycles. The standard InChI is InChI=1S/C15H22BrF3N2/c1-4-20-8-12-5-6-13(14(16)7-12)9-21(11(2)3)10-15(17,18)19/h5-7,11,20H,4,8-10H2,1-3H3. The van der Waals surface area contributed by atoms with Crippen molar-refractivity contribution >= 4 is 15.9 Å². The van der Waals surface area contributed by atoms with Crippen molar-refractivity contribution in [1.82, 2.24) is 10.2 Å². The molecule has 0 heterocycles. The number of nitrogens with one attached hydrogen (secondary N) is 1. The van der Waals surface area contributed by atoms with Crippen LogP contribution in [0.4, 0.5) is 13.2 Å². The second-order valence-corrected chi connectivity index (χ2v) is 6.17. The highest BCUT2D eigenvalue weighted by Crippen LogP contribution is 2.24. The van der Waals surface area contributed by atoms with E-state index in [-0.39, 0.29) is 12.6 Å². The van der Waals surface area contributed by atoms with Crippen molar-refractivity contribution in [3.63, 3.8) is 0 Å². The summed E-state index contributed by atoms with van der Waals surface area (Å²) in [7, 11) is 0. The minimum Gasteiger partial charge on any atom is -0.313 e. The van der Waals surface area contributed by atoms with Gasteiger partial charge in [-0.3, -0.25) is 4.90 Å². The molecule has 0 unspecified atom stereocenters. The van der Waals surface area contributed by atoms with Gasteiger partial charge in [0.2, 0.25) is 0 Å². The molecule has 0 aliphatic heterocycles. The molecule has 0 radical (unpaired) electrons. The van der Waals surface area contributed by atoms with E-state index in [9.17, 15) is 13.2 Å². The second-order valence-electron chi connectivity index (χ2n) is 5.32. The molecule has 0 spiro atoms. The quantitative estimate of drug-likeness (QED) is 0.772. The van der Waals surface area contributed by atoms with Crippen LogP contribution < -0.4 is 5.32 Å². The van der Waals surface area contributed by atoms with Crippen LogP contribution in [-0.4, -0.2) is 30.2 Å². The molecule has 0 aliphatic rings. The Morgan fingerprint density at radius 2 is 1.95 bits per heavy atom. The summed E-state index contributed by atoms with van der Waals surface area (Å²) in [5.74, 6) is 0. The highest BCUT2D eigenvalue weighted by atomic mass is 79.9. The Labute approximate surface area is 132 Å². The minimum absolute atomic E-state index is 0.167. The summed E-state index contributed by atoms with van der Waals surface area (Å²) in [4.78, 5) is 1.42. The SMILES string of the molecule is CCNCc1ccc(CN(CC(F)(F)F)C(C)C)c(Br)c1. The fourth-order valence-corrected chi connectivity index (χ4v) is 2.52. The topological polar surface area (TPSA) is 15.3 Å². The maximum absolute atomic E-state index is 12.6. The van der Waals surface area contributed by atoms with E-state index in [1.807, 2.05) is 25.1 Å². The Bertz CT molecular complexity index is 447. The van der Waals surface area contributed by atoms with Crippen LogP contribution in [0.3, 0.4) is 0 Å². The lowest BCUT2D eigenvalue weighted by atomic mass is 10.1. The molecule has 0 fully saturated rings. The van der Waals surface area contributed by atoms with E-state index < -0.39 is 12.7 Å². The molecule has 0 amide bonds. The molecule has 1 N–H and O–H groups in total. The molecule has 6 heteroatoms. The van der Waals surface area contributed by atoms with Gasteiger partial charge in [-0.2, -0.15) is 13.2 Å². The van der Waals surface area contributed by atoms with Gasteiger partial charge < -0.3 is 5.32 Å². The van der Waals surface area contributed by atoms with Gasteiger partial charge in [-0.05, 0) is 37.6 Å². The van der Waals surface area contributed by atoms with Gasteiger partial charge in [0.25, 0.3) is 0 Å². The molecule has 1 aromatic rings. The van der Waals surface area contributed by atoms with Crippen molar-refractivity contribution in [2.75, 3.05) is 13.1 Å². The average molecular weight is 367 g/mol. The van der Waals surface area contributed by atoms with Crippen LogP contribution in [0.5, 0.6) is 0 Å². The first-order chi connectivity index (χ1) is 9.73. The number of nitrogens with zero attached hydrogens (tertiary/aromatic N) is 1. The van der Waals surface area contributed by atoms with E-state index in [1.165, 1.54) is 4.90 Å². The number of alkyl halides is 3. The smallest absolute Gasteiger partial charge is 0.313 e. The van der Waals surface area contributed by atoms with Crippen molar-refractivity contribution in [3.8, 4) is 0 Å². The molecule has 1 rings (SSSR count). The Kier molecular flexibility index (Phi) is 7.16. The first-order valence-electron chi connectivity index (χ1n) is 7.01. The van der Waals surface area contributed by atoms with Crippen LogP contribution in [0, 0.1) is 0 Å². The fourth-order valence-electron chi connectivity index (χ4n) is 1.97. The fraction of sp³-hybridized carbons (Fsp3) is 0.600. The molecule has 0 aliphatic carbocycles. The van der Waals surface area contributed by atoms with Gasteiger partial charge in [0.15, 0.2) is 0 Å². The number of halogens is 4. The van der Waals surface area contributed by atoms with Gasteiger partial charge in [0, 0.05) is 23.6 Å². The normalized spacial score (nSPS) is 12.4. The number of hydrogen-bond donors (Lipinski definition) is 1. The largest absolute Gasteiger partial charge is 0.401 e. The van der Waals surface area contributed by atoms with Crippen molar-refractivity contribution in [2.45, 2.75) is 46.1 Å². The number of hydrogen-bond acceptors (Lipinski definition) is 2. The third kappa shape index (κ3) is 6.80. The van der Waals surface area contributed by atoms with Gasteiger partial charge in [-0.1, -0.05) is 35.0 Å². The molecule has 0 bridgehead atoms. The predicted octanol–water partition coefficient (Wildman–Crippen LogP) is 4.33. The first-order valence-corrected chi connectivity index (χ1v) is 7.81.